The number of fused-ring (bicyclic) bond motifs is 1. The molecule has 0 saturated heterocycles. The number of nitriles is 1. The number of methoxy groups -OCH3 is 1. The molecule has 0 aliphatic carbocycles. The second-order valence-corrected chi connectivity index (χ2v) is 3.65. The zero-order chi connectivity index (χ0) is 9.26. The van der Waals surface area contributed by atoms with Gasteiger partial charge in [0, 0.05) is 0 Å². The molecule has 3 heteroatoms. The molecule has 2 nitrogen and oxygen atoms in total. The molecule has 0 radical (unpaired) electrons. The molecule has 0 saturated carbocycles. The molecular formula is C10H7NOS. The van der Waals surface area contributed by atoms with Crippen molar-refractivity contribution in [1.82, 2.24) is 0 Å². The predicted molar refractivity (Wildman–Crippen MR) is 53.1 cm³/mol. The van der Waals surface area contributed by atoms with Crippen LogP contribution in [-0.2, 0) is 0 Å². The van der Waals surface area contributed by atoms with E-state index >= 15 is 0 Å². The molecule has 1 aromatic carbocycles. The standard InChI is InChI=1S/C10H7NOS/c1-12-9-4-2-3-7-5-8(6-11)13-10(7)9/h2-5H,1H3. The Labute approximate surface area is 80.0 Å². The van der Waals surface area contributed by atoms with Crippen LogP contribution in [0.4, 0.5) is 0 Å². The van der Waals surface area contributed by atoms with E-state index in [1.54, 1.807) is 7.11 Å². The van der Waals surface area contributed by atoms with Gasteiger partial charge >= 0.3 is 0 Å². The summed E-state index contributed by atoms with van der Waals surface area (Å²) >= 11 is 1.46. The summed E-state index contributed by atoms with van der Waals surface area (Å²) in [5, 5.41) is 9.79. The van der Waals surface area contributed by atoms with Crippen molar-refractivity contribution in [3.63, 3.8) is 0 Å². The first-order chi connectivity index (χ1) is 6.35. The van der Waals surface area contributed by atoms with Crippen molar-refractivity contribution in [2.75, 3.05) is 7.11 Å². The minimum Gasteiger partial charge on any atom is -0.495 e. The van der Waals surface area contributed by atoms with Crippen molar-refractivity contribution in [3.05, 3.63) is 29.1 Å². The lowest BCUT2D eigenvalue weighted by Crippen LogP contribution is -1.80. The Bertz CT molecular complexity index is 481. The SMILES string of the molecule is COc1cccc2cc(C#N)sc12. The van der Waals surface area contributed by atoms with Gasteiger partial charge in [0.15, 0.2) is 0 Å². The van der Waals surface area contributed by atoms with Gasteiger partial charge in [0.25, 0.3) is 0 Å². The largest absolute Gasteiger partial charge is 0.495 e. The van der Waals surface area contributed by atoms with E-state index in [0.29, 0.717) is 0 Å². The molecule has 1 aromatic heterocycles. The summed E-state index contributed by atoms with van der Waals surface area (Å²) in [5.74, 6) is 0.837. The van der Waals surface area contributed by atoms with Gasteiger partial charge in [-0.1, -0.05) is 12.1 Å². The lowest BCUT2D eigenvalue weighted by atomic mass is 10.2. The summed E-state index contributed by atoms with van der Waals surface area (Å²) in [6, 6.07) is 9.82. The van der Waals surface area contributed by atoms with Gasteiger partial charge in [-0.05, 0) is 17.5 Å². The van der Waals surface area contributed by atoms with E-state index in [9.17, 15) is 0 Å². The summed E-state index contributed by atoms with van der Waals surface area (Å²) in [4.78, 5) is 0.722. The van der Waals surface area contributed by atoms with Crippen molar-refractivity contribution in [3.8, 4) is 11.8 Å². The molecule has 13 heavy (non-hydrogen) atoms. The highest BCUT2D eigenvalue weighted by Crippen LogP contribution is 2.32. The smallest absolute Gasteiger partial charge is 0.136 e. The lowest BCUT2D eigenvalue weighted by molar-refractivity contribution is 0.420. The van der Waals surface area contributed by atoms with Crippen LogP contribution in [0.5, 0.6) is 5.75 Å². The highest BCUT2D eigenvalue weighted by Gasteiger charge is 2.05. The molecule has 0 bridgehead atoms. The summed E-state index contributed by atoms with van der Waals surface area (Å²) in [5.41, 5.74) is 0. The normalized spacial score (nSPS) is 9.85. The van der Waals surface area contributed by atoms with E-state index in [0.717, 1.165) is 20.7 Å². The zero-order valence-electron chi connectivity index (χ0n) is 7.07. The van der Waals surface area contributed by atoms with Gasteiger partial charge < -0.3 is 4.74 Å². The van der Waals surface area contributed by atoms with Crippen LogP contribution >= 0.6 is 11.3 Å². The summed E-state index contributed by atoms with van der Waals surface area (Å²) < 4.78 is 6.23. The molecule has 0 aliphatic heterocycles. The number of hydrogen-bond acceptors (Lipinski definition) is 3. The van der Waals surface area contributed by atoms with Gasteiger partial charge in [-0.2, -0.15) is 5.26 Å². The first kappa shape index (κ1) is 8.09. The van der Waals surface area contributed by atoms with Gasteiger partial charge in [0.05, 0.1) is 11.8 Å². The van der Waals surface area contributed by atoms with Crippen molar-refractivity contribution >= 4 is 21.4 Å². The van der Waals surface area contributed by atoms with Gasteiger partial charge in [0.1, 0.15) is 16.7 Å². The maximum absolute atomic E-state index is 8.72. The number of thiophene rings is 1. The second kappa shape index (κ2) is 3.08. The van der Waals surface area contributed by atoms with Gasteiger partial charge in [-0.3, -0.25) is 0 Å². The molecule has 64 valence electrons. The maximum atomic E-state index is 8.72. The van der Waals surface area contributed by atoms with Crippen LogP contribution in [0.3, 0.4) is 0 Å². The quantitative estimate of drug-likeness (QED) is 0.691. The Morgan fingerprint density at radius 3 is 3.00 bits per heavy atom. The molecule has 1 heterocycles. The van der Waals surface area contributed by atoms with E-state index in [2.05, 4.69) is 6.07 Å². The molecule has 0 atom stereocenters. The van der Waals surface area contributed by atoms with Crippen LogP contribution in [0.1, 0.15) is 4.88 Å². The number of benzene rings is 1. The number of nitrogens with zero attached hydrogens (tertiary/aromatic N) is 1. The van der Waals surface area contributed by atoms with Gasteiger partial charge in [0.2, 0.25) is 0 Å². The van der Waals surface area contributed by atoms with Gasteiger partial charge in [-0.15, -0.1) is 11.3 Å². The third kappa shape index (κ3) is 1.25. The third-order valence-corrected chi connectivity index (χ3v) is 2.91. The first-order valence-corrected chi connectivity index (χ1v) is 4.63. The monoisotopic (exact) mass is 189 g/mol. The summed E-state index contributed by atoms with van der Waals surface area (Å²) in [6.07, 6.45) is 0. The molecule has 0 fully saturated rings. The second-order valence-electron chi connectivity index (χ2n) is 2.60. The topological polar surface area (TPSA) is 33.0 Å². The summed E-state index contributed by atoms with van der Waals surface area (Å²) in [7, 11) is 1.64. The molecule has 0 amide bonds. The maximum Gasteiger partial charge on any atom is 0.136 e. The van der Waals surface area contributed by atoms with Crippen LogP contribution < -0.4 is 4.74 Å². The summed E-state index contributed by atoms with van der Waals surface area (Å²) in [6.45, 7) is 0. The van der Waals surface area contributed by atoms with Crippen molar-refractivity contribution in [2.24, 2.45) is 0 Å². The van der Waals surface area contributed by atoms with Gasteiger partial charge in [-0.25, -0.2) is 0 Å². The average Bonchev–Trinajstić information content (AvgIpc) is 2.59. The fraction of sp³-hybridized carbons (Fsp3) is 0.100. The van der Waals surface area contributed by atoms with Crippen LogP contribution in [0.2, 0.25) is 0 Å². The lowest BCUT2D eigenvalue weighted by Gasteiger charge is -1.98. The molecule has 0 aliphatic rings. The molecule has 0 spiro atoms. The van der Waals surface area contributed by atoms with Crippen molar-refractivity contribution in [2.45, 2.75) is 0 Å². The third-order valence-electron chi connectivity index (χ3n) is 1.84. The van der Waals surface area contributed by atoms with Crippen LogP contribution in [-0.4, -0.2) is 7.11 Å². The first-order valence-electron chi connectivity index (χ1n) is 3.82. The molecular weight excluding hydrogens is 182 g/mol. The van der Waals surface area contributed by atoms with E-state index < -0.39 is 0 Å². The highest BCUT2D eigenvalue weighted by molar-refractivity contribution is 7.19. The van der Waals surface area contributed by atoms with Crippen LogP contribution in [0.15, 0.2) is 24.3 Å². The van der Waals surface area contributed by atoms with Crippen LogP contribution in [0.25, 0.3) is 10.1 Å². The predicted octanol–water partition coefficient (Wildman–Crippen LogP) is 2.78. The Morgan fingerprint density at radius 2 is 2.31 bits per heavy atom. The van der Waals surface area contributed by atoms with E-state index in [-0.39, 0.29) is 0 Å². The minimum absolute atomic E-state index is 0.722. The fourth-order valence-electron chi connectivity index (χ4n) is 1.25. The Kier molecular flexibility index (Phi) is 1.91. The Hall–Kier alpha value is -1.53. The average molecular weight is 189 g/mol. The zero-order valence-corrected chi connectivity index (χ0v) is 7.89. The van der Waals surface area contributed by atoms with Crippen LogP contribution in [0, 0.1) is 11.3 Å². The number of rotatable bonds is 1. The van der Waals surface area contributed by atoms with E-state index in [4.69, 9.17) is 10.00 Å². The number of hydrogen-bond donors (Lipinski definition) is 0. The molecule has 0 N–H and O–H groups in total. The molecule has 0 unspecified atom stereocenters. The Balaban J connectivity index is 2.76. The number of ether oxygens (including phenoxy) is 1. The fourth-order valence-corrected chi connectivity index (χ4v) is 2.20. The van der Waals surface area contributed by atoms with E-state index in [1.165, 1.54) is 11.3 Å². The minimum atomic E-state index is 0.722. The Morgan fingerprint density at radius 1 is 1.46 bits per heavy atom. The van der Waals surface area contributed by atoms with Crippen molar-refractivity contribution < 1.29 is 4.74 Å². The van der Waals surface area contributed by atoms with E-state index in [1.807, 2.05) is 24.3 Å². The molecule has 2 aromatic rings. The van der Waals surface area contributed by atoms with Crippen molar-refractivity contribution in [1.29, 1.82) is 5.26 Å². The highest BCUT2D eigenvalue weighted by atomic mass is 32.1. The molecule has 2 rings (SSSR count).